The molecule has 0 atom stereocenters. The lowest BCUT2D eigenvalue weighted by Gasteiger charge is -2.15. The molecule has 0 aliphatic rings. The molecule has 98 valence electrons. The van der Waals surface area contributed by atoms with Crippen molar-refractivity contribution in [3.63, 3.8) is 0 Å². The molecule has 0 amide bonds. The maximum absolute atomic E-state index is 6.04. The van der Waals surface area contributed by atoms with Gasteiger partial charge >= 0.3 is 0 Å². The zero-order chi connectivity index (χ0) is 13.7. The number of hydrogen-bond acceptors (Lipinski definition) is 1. The number of ether oxygens (including phenoxy) is 1. The van der Waals surface area contributed by atoms with Crippen LogP contribution >= 0.6 is 0 Å². The number of benzene rings is 2. The number of rotatable bonds is 5. The first-order chi connectivity index (χ1) is 9.22. The van der Waals surface area contributed by atoms with Gasteiger partial charge in [0.2, 0.25) is 0 Å². The molecule has 0 aliphatic heterocycles. The summed E-state index contributed by atoms with van der Waals surface area (Å²) in [6.07, 6.45) is 2.77. The maximum Gasteiger partial charge on any atom is 0.126 e. The zero-order valence-electron chi connectivity index (χ0n) is 11.6. The monoisotopic (exact) mass is 252 g/mol. The highest BCUT2D eigenvalue weighted by Gasteiger charge is 2.09. The van der Waals surface area contributed by atoms with Crippen LogP contribution in [0.2, 0.25) is 0 Å². The normalized spacial score (nSPS) is 10.2. The van der Waals surface area contributed by atoms with Crippen molar-refractivity contribution < 1.29 is 4.74 Å². The average molecular weight is 252 g/mol. The zero-order valence-corrected chi connectivity index (χ0v) is 11.6. The van der Waals surface area contributed by atoms with Crippen molar-refractivity contribution in [3.8, 4) is 5.75 Å². The molecule has 2 aromatic carbocycles. The van der Waals surface area contributed by atoms with Gasteiger partial charge in [-0.1, -0.05) is 48.5 Å². The summed E-state index contributed by atoms with van der Waals surface area (Å²) in [6, 6.07) is 14.5. The SMILES string of the molecule is C=CCc1c(C)ccc(C)c1OCc1ccccc1. The second-order valence-corrected chi connectivity index (χ2v) is 4.77. The molecular formula is C18H20O. The van der Waals surface area contributed by atoms with Crippen LogP contribution < -0.4 is 4.74 Å². The van der Waals surface area contributed by atoms with Crippen LogP contribution in [0.5, 0.6) is 5.75 Å². The molecule has 0 saturated heterocycles. The molecule has 0 unspecified atom stereocenters. The van der Waals surface area contributed by atoms with Gasteiger partial charge in [0.1, 0.15) is 12.4 Å². The predicted octanol–water partition coefficient (Wildman–Crippen LogP) is 4.61. The van der Waals surface area contributed by atoms with Crippen molar-refractivity contribution in [2.75, 3.05) is 0 Å². The highest BCUT2D eigenvalue weighted by Crippen LogP contribution is 2.28. The van der Waals surface area contributed by atoms with Crippen molar-refractivity contribution in [2.45, 2.75) is 26.9 Å². The first-order valence-electron chi connectivity index (χ1n) is 6.59. The van der Waals surface area contributed by atoms with Gasteiger partial charge in [-0.2, -0.15) is 0 Å². The Morgan fingerprint density at radius 1 is 1.00 bits per heavy atom. The van der Waals surface area contributed by atoms with Gasteiger partial charge in [0.25, 0.3) is 0 Å². The van der Waals surface area contributed by atoms with Gasteiger partial charge in [0.15, 0.2) is 0 Å². The second kappa shape index (κ2) is 6.24. The molecule has 0 saturated carbocycles. The molecule has 0 bridgehead atoms. The molecule has 19 heavy (non-hydrogen) atoms. The van der Waals surface area contributed by atoms with Crippen LogP contribution in [0.15, 0.2) is 55.1 Å². The number of hydrogen-bond donors (Lipinski definition) is 0. The molecule has 1 nitrogen and oxygen atoms in total. The predicted molar refractivity (Wildman–Crippen MR) is 80.6 cm³/mol. The summed E-state index contributed by atoms with van der Waals surface area (Å²) in [5.74, 6) is 1.00. The van der Waals surface area contributed by atoms with Crippen molar-refractivity contribution in [1.82, 2.24) is 0 Å². The fraction of sp³-hybridized carbons (Fsp3) is 0.222. The maximum atomic E-state index is 6.04. The smallest absolute Gasteiger partial charge is 0.126 e. The van der Waals surface area contributed by atoms with Gasteiger partial charge in [-0.05, 0) is 37.0 Å². The third-order valence-corrected chi connectivity index (χ3v) is 3.27. The third-order valence-electron chi connectivity index (χ3n) is 3.27. The van der Waals surface area contributed by atoms with E-state index in [0.717, 1.165) is 12.2 Å². The first kappa shape index (κ1) is 13.4. The summed E-state index contributed by atoms with van der Waals surface area (Å²) in [5.41, 5.74) is 4.87. The minimum absolute atomic E-state index is 0.606. The van der Waals surface area contributed by atoms with Gasteiger partial charge < -0.3 is 4.74 Å². The van der Waals surface area contributed by atoms with Gasteiger partial charge in [-0.25, -0.2) is 0 Å². The minimum Gasteiger partial charge on any atom is -0.488 e. The lowest BCUT2D eigenvalue weighted by molar-refractivity contribution is 0.301. The Bertz CT molecular complexity index is 555. The van der Waals surface area contributed by atoms with E-state index in [2.05, 4.69) is 44.7 Å². The Hall–Kier alpha value is -2.02. The lowest BCUT2D eigenvalue weighted by atomic mass is 10.0. The minimum atomic E-state index is 0.606. The standard InChI is InChI=1S/C18H20O/c1-4-8-17-14(2)11-12-15(3)18(17)19-13-16-9-6-5-7-10-16/h4-7,9-12H,1,8,13H2,2-3H3. The molecule has 1 heteroatoms. The second-order valence-electron chi connectivity index (χ2n) is 4.77. The summed E-state index contributed by atoms with van der Waals surface area (Å²) in [5, 5.41) is 0. The summed E-state index contributed by atoms with van der Waals surface area (Å²) in [4.78, 5) is 0. The van der Waals surface area contributed by atoms with E-state index in [-0.39, 0.29) is 0 Å². The van der Waals surface area contributed by atoms with Crippen molar-refractivity contribution >= 4 is 0 Å². The van der Waals surface area contributed by atoms with Crippen molar-refractivity contribution in [3.05, 3.63) is 77.4 Å². The molecular weight excluding hydrogens is 232 g/mol. The quantitative estimate of drug-likeness (QED) is 0.706. The van der Waals surface area contributed by atoms with Gasteiger partial charge in [-0.15, -0.1) is 6.58 Å². The Balaban J connectivity index is 2.23. The Morgan fingerprint density at radius 3 is 2.37 bits per heavy atom. The average Bonchev–Trinajstić information content (AvgIpc) is 2.43. The van der Waals surface area contributed by atoms with E-state index < -0.39 is 0 Å². The Kier molecular flexibility index (Phi) is 4.40. The lowest BCUT2D eigenvalue weighted by Crippen LogP contribution is -2.02. The van der Waals surface area contributed by atoms with E-state index in [0.29, 0.717) is 6.61 Å². The Labute approximate surface area is 115 Å². The molecule has 2 aromatic rings. The van der Waals surface area contributed by atoms with Crippen LogP contribution in [0.4, 0.5) is 0 Å². The van der Waals surface area contributed by atoms with E-state index in [1.165, 1.54) is 22.3 Å². The van der Waals surface area contributed by atoms with Crippen LogP contribution in [0.25, 0.3) is 0 Å². The summed E-state index contributed by atoms with van der Waals surface area (Å²) in [7, 11) is 0. The molecule has 2 rings (SSSR count). The largest absolute Gasteiger partial charge is 0.488 e. The first-order valence-corrected chi connectivity index (χ1v) is 6.59. The topological polar surface area (TPSA) is 9.23 Å². The molecule has 0 spiro atoms. The molecule has 0 N–H and O–H groups in total. The van der Waals surface area contributed by atoms with Gasteiger partial charge in [-0.3, -0.25) is 0 Å². The third kappa shape index (κ3) is 3.25. The van der Waals surface area contributed by atoms with Crippen LogP contribution in [0.1, 0.15) is 22.3 Å². The molecule has 0 aromatic heterocycles. The van der Waals surface area contributed by atoms with Crippen molar-refractivity contribution in [2.24, 2.45) is 0 Å². The van der Waals surface area contributed by atoms with Crippen LogP contribution in [-0.2, 0) is 13.0 Å². The van der Waals surface area contributed by atoms with E-state index in [1.807, 2.05) is 24.3 Å². The highest BCUT2D eigenvalue weighted by atomic mass is 16.5. The molecule has 0 heterocycles. The summed E-state index contributed by atoms with van der Waals surface area (Å²) < 4.78 is 6.04. The van der Waals surface area contributed by atoms with E-state index in [4.69, 9.17) is 4.74 Å². The molecule has 0 radical (unpaired) electrons. The fourth-order valence-corrected chi connectivity index (χ4v) is 2.17. The number of aryl methyl sites for hydroxylation is 2. The fourth-order valence-electron chi connectivity index (χ4n) is 2.17. The Morgan fingerprint density at radius 2 is 1.68 bits per heavy atom. The molecule has 0 fully saturated rings. The van der Waals surface area contributed by atoms with E-state index >= 15 is 0 Å². The van der Waals surface area contributed by atoms with Crippen LogP contribution in [0, 0.1) is 13.8 Å². The van der Waals surface area contributed by atoms with Crippen LogP contribution in [0.3, 0.4) is 0 Å². The van der Waals surface area contributed by atoms with E-state index in [1.54, 1.807) is 0 Å². The summed E-state index contributed by atoms with van der Waals surface area (Å²) >= 11 is 0. The summed E-state index contributed by atoms with van der Waals surface area (Å²) in [6.45, 7) is 8.65. The van der Waals surface area contributed by atoms with Gasteiger partial charge in [0, 0.05) is 5.56 Å². The number of allylic oxidation sites excluding steroid dienone is 1. The van der Waals surface area contributed by atoms with E-state index in [9.17, 15) is 0 Å². The highest BCUT2D eigenvalue weighted by molar-refractivity contribution is 5.46. The van der Waals surface area contributed by atoms with Crippen molar-refractivity contribution in [1.29, 1.82) is 0 Å². The molecule has 0 aliphatic carbocycles. The van der Waals surface area contributed by atoms with Gasteiger partial charge in [0.05, 0.1) is 0 Å². The van der Waals surface area contributed by atoms with Crippen LogP contribution in [-0.4, -0.2) is 0 Å².